The third kappa shape index (κ3) is 6.13. The van der Waals surface area contributed by atoms with Gasteiger partial charge in [0.2, 0.25) is 10.0 Å². The van der Waals surface area contributed by atoms with Crippen molar-refractivity contribution in [1.29, 1.82) is 0 Å². The summed E-state index contributed by atoms with van der Waals surface area (Å²) in [6.45, 7) is 10.4. The Morgan fingerprint density at radius 1 is 0.941 bits per heavy atom. The van der Waals surface area contributed by atoms with Gasteiger partial charge in [0.25, 0.3) is 5.91 Å². The van der Waals surface area contributed by atoms with Gasteiger partial charge in [-0.25, -0.2) is 8.42 Å². The molecule has 0 spiro atoms. The van der Waals surface area contributed by atoms with Crippen LogP contribution in [0, 0.1) is 5.92 Å². The van der Waals surface area contributed by atoms with Gasteiger partial charge >= 0.3 is 0 Å². The minimum absolute atomic E-state index is 0.139. The zero-order chi connectivity index (χ0) is 24.1. The van der Waals surface area contributed by atoms with Crippen molar-refractivity contribution >= 4 is 21.6 Å². The molecular formula is C26H42N4O3S. The summed E-state index contributed by atoms with van der Waals surface area (Å²) in [7, 11) is -3.64. The van der Waals surface area contributed by atoms with Crippen LogP contribution >= 0.6 is 0 Å². The Labute approximate surface area is 205 Å². The summed E-state index contributed by atoms with van der Waals surface area (Å²) in [6.07, 6.45) is 8.06. The molecule has 34 heavy (non-hydrogen) atoms. The monoisotopic (exact) mass is 490 g/mol. The van der Waals surface area contributed by atoms with Crippen LogP contribution in [-0.4, -0.2) is 75.4 Å². The highest BCUT2D eigenvalue weighted by molar-refractivity contribution is 7.89. The Balaban J connectivity index is 1.53. The number of sulfonamides is 1. The van der Waals surface area contributed by atoms with E-state index in [1.54, 1.807) is 10.4 Å². The Kier molecular flexibility index (Phi) is 8.53. The number of rotatable bonds is 7. The first kappa shape index (κ1) is 25.5. The second-order valence-corrected chi connectivity index (χ2v) is 12.5. The molecule has 190 valence electrons. The molecule has 3 heterocycles. The second kappa shape index (κ2) is 11.4. The number of benzene rings is 1. The van der Waals surface area contributed by atoms with Crippen LogP contribution in [0.1, 0.15) is 75.6 Å². The normalized spacial score (nSPS) is 21.7. The predicted molar refractivity (Wildman–Crippen MR) is 137 cm³/mol. The van der Waals surface area contributed by atoms with E-state index in [1.807, 2.05) is 12.1 Å². The van der Waals surface area contributed by atoms with E-state index in [4.69, 9.17) is 0 Å². The second-order valence-electron chi connectivity index (χ2n) is 10.6. The van der Waals surface area contributed by atoms with Crippen LogP contribution in [0.25, 0.3) is 0 Å². The van der Waals surface area contributed by atoms with Crippen LogP contribution in [0.5, 0.6) is 0 Å². The molecule has 1 aromatic carbocycles. The maximum atomic E-state index is 13.7. The number of hydrogen-bond acceptors (Lipinski definition) is 5. The molecular weight excluding hydrogens is 448 g/mol. The molecule has 1 amide bonds. The number of nitrogens with zero attached hydrogens (tertiary/aromatic N) is 3. The van der Waals surface area contributed by atoms with Crippen LogP contribution in [-0.2, 0) is 10.0 Å². The van der Waals surface area contributed by atoms with Gasteiger partial charge in [0.1, 0.15) is 4.90 Å². The number of anilines is 1. The minimum Gasteiger partial charge on any atom is -0.370 e. The van der Waals surface area contributed by atoms with Gasteiger partial charge in [-0.15, -0.1) is 0 Å². The fourth-order valence-electron chi connectivity index (χ4n) is 5.55. The summed E-state index contributed by atoms with van der Waals surface area (Å²) in [6, 6.07) is 5.45. The molecule has 0 aliphatic carbocycles. The fourth-order valence-corrected chi connectivity index (χ4v) is 7.30. The Hall–Kier alpha value is -1.64. The Morgan fingerprint density at radius 3 is 2.18 bits per heavy atom. The van der Waals surface area contributed by atoms with E-state index in [0.717, 1.165) is 83.4 Å². The molecule has 3 fully saturated rings. The third-order valence-corrected chi connectivity index (χ3v) is 9.33. The lowest BCUT2D eigenvalue weighted by Gasteiger charge is -2.34. The van der Waals surface area contributed by atoms with Crippen molar-refractivity contribution in [2.45, 2.75) is 76.2 Å². The molecule has 0 saturated carbocycles. The SMILES string of the molecule is CC(C)CN1CCC(NC(=O)c2ccc(N3CCCCC3)c(S(=O)(=O)N3CCCCC3)c2)CC1. The highest BCUT2D eigenvalue weighted by Gasteiger charge is 2.31. The first-order valence-corrected chi connectivity index (χ1v) is 14.7. The summed E-state index contributed by atoms with van der Waals surface area (Å²) in [5, 5.41) is 3.18. The molecule has 8 heteroatoms. The van der Waals surface area contributed by atoms with Crippen molar-refractivity contribution in [2.75, 3.05) is 50.7 Å². The largest absolute Gasteiger partial charge is 0.370 e. The number of nitrogens with one attached hydrogen (secondary N) is 1. The lowest BCUT2D eigenvalue weighted by atomic mass is 10.0. The zero-order valence-electron chi connectivity index (χ0n) is 21.0. The molecule has 0 aromatic heterocycles. The van der Waals surface area contributed by atoms with Gasteiger partial charge in [-0.1, -0.05) is 20.3 Å². The molecule has 4 rings (SSSR count). The summed E-state index contributed by atoms with van der Waals surface area (Å²) in [5.74, 6) is 0.479. The van der Waals surface area contributed by atoms with Gasteiger partial charge in [-0.3, -0.25) is 4.79 Å². The lowest BCUT2D eigenvalue weighted by molar-refractivity contribution is 0.0907. The first-order chi connectivity index (χ1) is 16.3. The standard InChI is InChI=1S/C26H42N4O3S/c1-21(2)20-28-17-11-23(12-18-28)27-26(31)22-9-10-24(29-13-5-3-6-14-29)25(19-22)34(32,33)30-15-7-4-8-16-30/h9-10,19,21,23H,3-8,11-18,20H2,1-2H3,(H,27,31). The highest BCUT2D eigenvalue weighted by Crippen LogP contribution is 2.32. The lowest BCUT2D eigenvalue weighted by Crippen LogP contribution is -2.45. The van der Waals surface area contributed by atoms with Crippen LogP contribution in [0.4, 0.5) is 5.69 Å². The number of amides is 1. The van der Waals surface area contributed by atoms with Gasteiger partial charge in [-0.05, 0) is 69.1 Å². The minimum atomic E-state index is -3.64. The Bertz CT molecular complexity index is 929. The highest BCUT2D eigenvalue weighted by atomic mass is 32.2. The molecule has 1 N–H and O–H groups in total. The predicted octanol–water partition coefficient (Wildman–Crippen LogP) is 3.70. The Morgan fingerprint density at radius 2 is 1.56 bits per heavy atom. The quantitative estimate of drug-likeness (QED) is 0.631. The summed E-state index contributed by atoms with van der Waals surface area (Å²) >= 11 is 0. The molecule has 3 aliphatic heterocycles. The molecule has 3 aliphatic rings. The van der Waals surface area contributed by atoms with Gasteiger partial charge in [0, 0.05) is 57.4 Å². The van der Waals surface area contributed by atoms with E-state index >= 15 is 0 Å². The van der Waals surface area contributed by atoms with Crippen LogP contribution in [0.2, 0.25) is 0 Å². The van der Waals surface area contributed by atoms with E-state index in [9.17, 15) is 13.2 Å². The van der Waals surface area contributed by atoms with E-state index in [2.05, 4.69) is 29.0 Å². The van der Waals surface area contributed by atoms with Crippen LogP contribution in [0.3, 0.4) is 0 Å². The average molecular weight is 491 g/mol. The molecule has 0 atom stereocenters. The summed E-state index contributed by atoms with van der Waals surface area (Å²) in [5.41, 5.74) is 1.20. The maximum absolute atomic E-state index is 13.7. The van der Waals surface area contributed by atoms with Crippen molar-refractivity contribution in [3.05, 3.63) is 23.8 Å². The smallest absolute Gasteiger partial charge is 0.251 e. The van der Waals surface area contributed by atoms with Crippen molar-refractivity contribution in [3.63, 3.8) is 0 Å². The average Bonchev–Trinajstić information content (AvgIpc) is 2.85. The number of hydrogen-bond donors (Lipinski definition) is 1. The fraction of sp³-hybridized carbons (Fsp3) is 0.731. The topological polar surface area (TPSA) is 73.0 Å². The summed E-state index contributed by atoms with van der Waals surface area (Å²) in [4.78, 5) is 18.1. The molecule has 3 saturated heterocycles. The van der Waals surface area contributed by atoms with Crippen LogP contribution in [0.15, 0.2) is 23.1 Å². The van der Waals surface area contributed by atoms with E-state index in [1.165, 1.54) is 6.42 Å². The van der Waals surface area contributed by atoms with E-state index in [0.29, 0.717) is 29.5 Å². The molecule has 1 aromatic rings. The summed E-state index contributed by atoms with van der Waals surface area (Å²) < 4.78 is 29.0. The van der Waals surface area contributed by atoms with E-state index in [-0.39, 0.29) is 11.9 Å². The number of carbonyl (C=O) groups excluding carboxylic acids is 1. The number of piperidine rings is 3. The van der Waals surface area contributed by atoms with Gasteiger partial charge < -0.3 is 15.1 Å². The zero-order valence-corrected chi connectivity index (χ0v) is 21.8. The van der Waals surface area contributed by atoms with Crippen molar-refractivity contribution in [1.82, 2.24) is 14.5 Å². The van der Waals surface area contributed by atoms with Gasteiger partial charge in [0.15, 0.2) is 0 Å². The maximum Gasteiger partial charge on any atom is 0.251 e. The number of carbonyl (C=O) groups is 1. The van der Waals surface area contributed by atoms with Crippen molar-refractivity contribution in [2.24, 2.45) is 5.92 Å². The van der Waals surface area contributed by atoms with Crippen molar-refractivity contribution < 1.29 is 13.2 Å². The molecule has 0 unspecified atom stereocenters. The third-order valence-electron chi connectivity index (χ3n) is 7.40. The van der Waals surface area contributed by atoms with E-state index < -0.39 is 10.0 Å². The molecule has 0 radical (unpaired) electrons. The first-order valence-electron chi connectivity index (χ1n) is 13.3. The van der Waals surface area contributed by atoms with Gasteiger partial charge in [0.05, 0.1) is 5.69 Å². The molecule has 0 bridgehead atoms. The molecule has 7 nitrogen and oxygen atoms in total. The number of likely N-dealkylation sites (tertiary alicyclic amines) is 1. The van der Waals surface area contributed by atoms with Crippen molar-refractivity contribution in [3.8, 4) is 0 Å². The van der Waals surface area contributed by atoms with Crippen LogP contribution < -0.4 is 10.2 Å². The van der Waals surface area contributed by atoms with Gasteiger partial charge in [-0.2, -0.15) is 4.31 Å².